The molecule has 0 bridgehead atoms. The standard InChI is InChI=1S/C14H22N4O/c1-10-14(13(9-19-5)18(4)16-10)11-6-7-17(3)12(11)8-15-2/h6-7,15H,8-9H2,1-5H3. The summed E-state index contributed by atoms with van der Waals surface area (Å²) in [6, 6.07) is 2.15. The van der Waals surface area contributed by atoms with Crippen molar-refractivity contribution in [1.29, 1.82) is 0 Å². The minimum atomic E-state index is 0.570. The van der Waals surface area contributed by atoms with Gasteiger partial charge in [0.25, 0.3) is 0 Å². The van der Waals surface area contributed by atoms with Crippen molar-refractivity contribution in [3.8, 4) is 11.1 Å². The van der Waals surface area contributed by atoms with Crippen LogP contribution in [0.2, 0.25) is 0 Å². The van der Waals surface area contributed by atoms with Gasteiger partial charge in [0, 0.05) is 50.8 Å². The number of rotatable bonds is 5. The summed E-state index contributed by atoms with van der Waals surface area (Å²) < 4.78 is 9.36. The van der Waals surface area contributed by atoms with Crippen molar-refractivity contribution in [3.05, 3.63) is 29.3 Å². The summed E-state index contributed by atoms with van der Waals surface area (Å²) in [6.45, 7) is 3.45. The molecule has 104 valence electrons. The molecule has 2 aromatic heterocycles. The van der Waals surface area contributed by atoms with E-state index >= 15 is 0 Å². The van der Waals surface area contributed by atoms with E-state index < -0.39 is 0 Å². The number of aryl methyl sites for hydroxylation is 3. The lowest BCUT2D eigenvalue weighted by Gasteiger charge is -2.09. The number of aromatic nitrogens is 3. The SMILES string of the molecule is CNCc1c(-c2c(C)nn(C)c2COC)ccn1C. The molecule has 1 N–H and O–H groups in total. The zero-order valence-corrected chi connectivity index (χ0v) is 12.3. The van der Waals surface area contributed by atoms with Gasteiger partial charge in [-0.15, -0.1) is 0 Å². The van der Waals surface area contributed by atoms with Crippen LogP contribution in [-0.4, -0.2) is 28.5 Å². The smallest absolute Gasteiger partial charge is 0.0887 e. The van der Waals surface area contributed by atoms with E-state index in [0.717, 1.165) is 17.9 Å². The summed E-state index contributed by atoms with van der Waals surface area (Å²) in [6.07, 6.45) is 2.09. The molecule has 0 unspecified atom stereocenters. The number of nitrogens with one attached hydrogen (secondary N) is 1. The first-order chi connectivity index (χ1) is 9.10. The highest BCUT2D eigenvalue weighted by molar-refractivity contribution is 5.71. The lowest BCUT2D eigenvalue weighted by atomic mass is 10.0. The van der Waals surface area contributed by atoms with Crippen molar-refractivity contribution >= 4 is 0 Å². The maximum Gasteiger partial charge on any atom is 0.0887 e. The number of ether oxygens (including phenoxy) is 1. The molecule has 0 saturated carbocycles. The number of hydrogen-bond donors (Lipinski definition) is 1. The van der Waals surface area contributed by atoms with Crippen LogP contribution in [0.5, 0.6) is 0 Å². The quantitative estimate of drug-likeness (QED) is 0.890. The van der Waals surface area contributed by atoms with Gasteiger partial charge < -0.3 is 14.6 Å². The van der Waals surface area contributed by atoms with E-state index in [9.17, 15) is 0 Å². The van der Waals surface area contributed by atoms with Crippen LogP contribution >= 0.6 is 0 Å². The van der Waals surface area contributed by atoms with Gasteiger partial charge in [-0.25, -0.2) is 0 Å². The molecule has 0 atom stereocenters. The zero-order valence-electron chi connectivity index (χ0n) is 12.3. The van der Waals surface area contributed by atoms with E-state index in [1.54, 1.807) is 7.11 Å². The molecule has 0 aliphatic heterocycles. The van der Waals surface area contributed by atoms with Crippen LogP contribution in [0, 0.1) is 6.92 Å². The second-order valence-corrected chi connectivity index (χ2v) is 4.78. The maximum absolute atomic E-state index is 5.31. The molecule has 0 amide bonds. The van der Waals surface area contributed by atoms with Gasteiger partial charge in [-0.2, -0.15) is 5.10 Å². The second kappa shape index (κ2) is 5.59. The Balaban J connectivity index is 2.58. The Morgan fingerprint density at radius 3 is 2.68 bits per heavy atom. The average molecular weight is 262 g/mol. The summed E-state index contributed by atoms with van der Waals surface area (Å²) in [7, 11) is 7.71. The van der Waals surface area contributed by atoms with Crippen LogP contribution in [-0.2, 0) is 32.0 Å². The first kappa shape index (κ1) is 13.8. The van der Waals surface area contributed by atoms with Crippen LogP contribution < -0.4 is 5.32 Å². The Bertz CT molecular complexity index is 568. The van der Waals surface area contributed by atoms with Crippen LogP contribution in [0.4, 0.5) is 0 Å². The highest BCUT2D eigenvalue weighted by Gasteiger charge is 2.19. The second-order valence-electron chi connectivity index (χ2n) is 4.78. The monoisotopic (exact) mass is 262 g/mol. The topological polar surface area (TPSA) is 44.0 Å². The van der Waals surface area contributed by atoms with Crippen LogP contribution in [0.1, 0.15) is 17.1 Å². The molecule has 5 heteroatoms. The van der Waals surface area contributed by atoms with Gasteiger partial charge in [0.15, 0.2) is 0 Å². The third-order valence-electron chi connectivity index (χ3n) is 3.44. The molecular weight excluding hydrogens is 240 g/mol. The molecule has 0 fully saturated rings. The number of hydrogen-bond acceptors (Lipinski definition) is 3. The van der Waals surface area contributed by atoms with E-state index in [0.29, 0.717) is 6.61 Å². The fraction of sp³-hybridized carbons (Fsp3) is 0.500. The van der Waals surface area contributed by atoms with Crippen LogP contribution in [0.3, 0.4) is 0 Å². The van der Waals surface area contributed by atoms with E-state index in [1.165, 1.54) is 16.8 Å². The van der Waals surface area contributed by atoms with Crippen molar-refractivity contribution < 1.29 is 4.74 Å². The Labute approximate surface area is 114 Å². The number of nitrogens with zero attached hydrogens (tertiary/aromatic N) is 3. The molecule has 0 aliphatic rings. The fourth-order valence-corrected chi connectivity index (χ4v) is 2.54. The summed E-state index contributed by atoms with van der Waals surface area (Å²) in [5.74, 6) is 0. The first-order valence-corrected chi connectivity index (χ1v) is 6.40. The molecule has 2 aromatic rings. The highest BCUT2D eigenvalue weighted by atomic mass is 16.5. The van der Waals surface area contributed by atoms with Crippen molar-refractivity contribution in [3.63, 3.8) is 0 Å². The van der Waals surface area contributed by atoms with Crippen molar-refractivity contribution in [2.45, 2.75) is 20.1 Å². The third-order valence-corrected chi connectivity index (χ3v) is 3.44. The van der Waals surface area contributed by atoms with Gasteiger partial charge in [-0.1, -0.05) is 0 Å². The van der Waals surface area contributed by atoms with E-state index in [4.69, 9.17) is 4.74 Å². The van der Waals surface area contributed by atoms with Gasteiger partial charge in [0.05, 0.1) is 18.0 Å². The maximum atomic E-state index is 5.31. The lowest BCUT2D eigenvalue weighted by Crippen LogP contribution is -2.10. The van der Waals surface area contributed by atoms with Crippen LogP contribution in [0.15, 0.2) is 12.3 Å². The predicted octanol–water partition coefficient (Wildman–Crippen LogP) is 1.60. The van der Waals surface area contributed by atoms with Crippen LogP contribution in [0.25, 0.3) is 11.1 Å². The minimum Gasteiger partial charge on any atom is -0.378 e. The Hall–Kier alpha value is -1.59. The van der Waals surface area contributed by atoms with Crippen molar-refractivity contribution in [1.82, 2.24) is 19.7 Å². The van der Waals surface area contributed by atoms with Gasteiger partial charge in [0.1, 0.15) is 0 Å². The first-order valence-electron chi connectivity index (χ1n) is 6.40. The molecule has 2 heterocycles. The molecule has 2 rings (SSSR count). The summed E-state index contributed by atoms with van der Waals surface area (Å²) in [4.78, 5) is 0. The molecular formula is C14H22N4O. The molecule has 19 heavy (non-hydrogen) atoms. The van der Waals surface area contributed by atoms with Gasteiger partial charge in [-0.3, -0.25) is 4.68 Å². The minimum absolute atomic E-state index is 0.570. The molecule has 0 saturated heterocycles. The van der Waals surface area contributed by atoms with E-state index in [1.807, 2.05) is 25.7 Å². The van der Waals surface area contributed by atoms with Gasteiger partial charge in [-0.05, 0) is 20.0 Å². The Kier molecular flexibility index (Phi) is 4.07. The summed E-state index contributed by atoms with van der Waals surface area (Å²) in [5.41, 5.74) is 5.84. The zero-order chi connectivity index (χ0) is 14.0. The van der Waals surface area contributed by atoms with Crippen molar-refractivity contribution in [2.75, 3.05) is 14.2 Å². The fourth-order valence-electron chi connectivity index (χ4n) is 2.54. The molecule has 0 aromatic carbocycles. The molecule has 0 spiro atoms. The van der Waals surface area contributed by atoms with Gasteiger partial charge in [0.2, 0.25) is 0 Å². The summed E-state index contributed by atoms with van der Waals surface area (Å²) >= 11 is 0. The molecule has 5 nitrogen and oxygen atoms in total. The van der Waals surface area contributed by atoms with Crippen molar-refractivity contribution in [2.24, 2.45) is 14.1 Å². The Morgan fingerprint density at radius 1 is 1.32 bits per heavy atom. The highest BCUT2D eigenvalue weighted by Crippen LogP contribution is 2.31. The Morgan fingerprint density at radius 2 is 2.05 bits per heavy atom. The van der Waals surface area contributed by atoms with E-state index in [2.05, 4.69) is 34.3 Å². The third kappa shape index (κ3) is 2.43. The van der Waals surface area contributed by atoms with Gasteiger partial charge >= 0.3 is 0 Å². The normalized spacial score (nSPS) is 11.2. The average Bonchev–Trinajstić information content (AvgIpc) is 2.84. The number of methoxy groups -OCH3 is 1. The lowest BCUT2D eigenvalue weighted by molar-refractivity contribution is 0.178. The molecule has 0 aliphatic carbocycles. The summed E-state index contributed by atoms with van der Waals surface area (Å²) in [5, 5.41) is 7.74. The predicted molar refractivity (Wildman–Crippen MR) is 75.8 cm³/mol. The largest absolute Gasteiger partial charge is 0.378 e. The molecule has 0 radical (unpaired) electrons. The van der Waals surface area contributed by atoms with E-state index in [-0.39, 0.29) is 0 Å².